The second-order valence-corrected chi connectivity index (χ2v) is 9.36. The molecule has 0 bridgehead atoms. The monoisotopic (exact) mass is 495 g/mol. The molecular weight excluding hydrogens is 477 g/mol. The molecule has 0 aliphatic rings. The molecule has 0 radical (unpaired) electrons. The van der Waals surface area contributed by atoms with Crippen molar-refractivity contribution in [2.75, 3.05) is 5.32 Å². The van der Waals surface area contributed by atoms with Crippen LogP contribution in [-0.2, 0) is 21.4 Å². The fraction of sp³-hybridized carbons (Fsp3) is 0.200. The summed E-state index contributed by atoms with van der Waals surface area (Å²) < 4.78 is 29.3. The summed E-state index contributed by atoms with van der Waals surface area (Å²) in [6.45, 7) is 2.90. The van der Waals surface area contributed by atoms with Crippen molar-refractivity contribution < 1.29 is 13.2 Å². The van der Waals surface area contributed by atoms with Gasteiger partial charge in [-0.2, -0.15) is 5.10 Å². The van der Waals surface area contributed by atoms with E-state index >= 15 is 0 Å². The number of sulfonamides is 1. The molecule has 1 aromatic carbocycles. The Kier molecular flexibility index (Phi) is 7.29. The molecule has 0 aliphatic heterocycles. The SMILES string of the molecule is Cc1ccc(NC(=O)Cn2ncc(Cl)c(Cl)c2=O)cc1S(=O)(=O)N[C@H](C)c1ccccn1. The summed E-state index contributed by atoms with van der Waals surface area (Å²) in [5.74, 6) is -0.597. The fourth-order valence-electron chi connectivity index (χ4n) is 2.85. The number of nitrogens with zero attached hydrogens (tertiary/aromatic N) is 3. The number of pyridine rings is 1. The van der Waals surface area contributed by atoms with Crippen LogP contribution in [0.2, 0.25) is 10.0 Å². The highest BCUT2D eigenvalue weighted by Gasteiger charge is 2.22. The number of benzene rings is 1. The summed E-state index contributed by atoms with van der Waals surface area (Å²) in [6, 6.07) is 9.12. The van der Waals surface area contributed by atoms with Crippen molar-refractivity contribution in [3.05, 3.63) is 80.4 Å². The van der Waals surface area contributed by atoms with Crippen molar-refractivity contribution in [3.8, 4) is 0 Å². The average Bonchev–Trinajstić information content (AvgIpc) is 2.75. The first kappa shape index (κ1) is 23.9. The molecule has 168 valence electrons. The van der Waals surface area contributed by atoms with Crippen LogP contribution in [0.3, 0.4) is 0 Å². The Balaban J connectivity index is 1.78. The van der Waals surface area contributed by atoms with Gasteiger partial charge in [0.15, 0.2) is 0 Å². The largest absolute Gasteiger partial charge is 0.324 e. The number of aromatic nitrogens is 3. The number of rotatable bonds is 7. The zero-order chi connectivity index (χ0) is 23.5. The molecule has 32 heavy (non-hydrogen) atoms. The van der Waals surface area contributed by atoms with Gasteiger partial charge in [0.1, 0.15) is 11.6 Å². The van der Waals surface area contributed by atoms with Gasteiger partial charge in [-0.15, -0.1) is 0 Å². The molecule has 3 aromatic rings. The third-order valence-electron chi connectivity index (χ3n) is 4.46. The summed E-state index contributed by atoms with van der Waals surface area (Å²) in [4.78, 5) is 28.6. The number of carbonyl (C=O) groups is 1. The van der Waals surface area contributed by atoms with Crippen LogP contribution in [-0.4, -0.2) is 29.1 Å². The number of carbonyl (C=O) groups excluding carboxylic acids is 1. The van der Waals surface area contributed by atoms with Gasteiger partial charge >= 0.3 is 0 Å². The molecule has 1 atom stereocenters. The van der Waals surface area contributed by atoms with E-state index in [0.717, 1.165) is 10.9 Å². The summed E-state index contributed by atoms with van der Waals surface area (Å²) >= 11 is 11.5. The van der Waals surface area contributed by atoms with Gasteiger partial charge in [0.2, 0.25) is 15.9 Å². The molecule has 0 fully saturated rings. The third-order valence-corrected chi connectivity index (χ3v) is 6.89. The first-order valence-corrected chi connectivity index (χ1v) is 11.6. The van der Waals surface area contributed by atoms with Gasteiger partial charge in [-0.3, -0.25) is 14.6 Å². The van der Waals surface area contributed by atoms with Gasteiger partial charge < -0.3 is 5.32 Å². The van der Waals surface area contributed by atoms with Gasteiger partial charge in [-0.05, 0) is 43.7 Å². The van der Waals surface area contributed by atoms with E-state index in [1.54, 1.807) is 50.4 Å². The standard InChI is InChI=1S/C20H19Cl2N5O4S/c1-12-6-7-14(25-18(28)11-27-20(29)19(22)15(21)10-24-27)9-17(12)32(30,31)26-13(2)16-5-3-4-8-23-16/h3-10,13,26H,11H2,1-2H3,(H,25,28)/t13-/m1/s1. The molecule has 0 aliphatic carbocycles. The highest BCUT2D eigenvalue weighted by molar-refractivity contribution is 7.89. The smallest absolute Gasteiger partial charge is 0.287 e. The van der Waals surface area contributed by atoms with Crippen molar-refractivity contribution >= 4 is 44.8 Å². The Bertz CT molecular complexity index is 1310. The van der Waals surface area contributed by atoms with E-state index in [1.807, 2.05) is 0 Å². The van der Waals surface area contributed by atoms with Crippen molar-refractivity contribution in [1.82, 2.24) is 19.5 Å². The van der Waals surface area contributed by atoms with Crippen LogP contribution in [0.4, 0.5) is 5.69 Å². The lowest BCUT2D eigenvalue weighted by molar-refractivity contribution is -0.117. The highest BCUT2D eigenvalue weighted by atomic mass is 35.5. The number of halogens is 2. The molecule has 0 spiro atoms. The van der Waals surface area contributed by atoms with Crippen molar-refractivity contribution in [2.45, 2.75) is 31.3 Å². The number of hydrogen-bond donors (Lipinski definition) is 2. The van der Waals surface area contributed by atoms with Crippen LogP contribution in [0.5, 0.6) is 0 Å². The minimum Gasteiger partial charge on any atom is -0.324 e. The Labute approximate surface area is 194 Å². The molecule has 12 heteroatoms. The van der Waals surface area contributed by atoms with Gasteiger partial charge in [-0.25, -0.2) is 17.8 Å². The number of amides is 1. The second-order valence-electron chi connectivity index (χ2n) is 6.90. The summed E-state index contributed by atoms with van der Waals surface area (Å²) in [7, 11) is -3.91. The Morgan fingerprint density at radius 2 is 1.97 bits per heavy atom. The zero-order valence-corrected chi connectivity index (χ0v) is 19.4. The summed E-state index contributed by atoms with van der Waals surface area (Å²) in [6.07, 6.45) is 2.74. The van der Waals surface area contributed by atoms with E-state index in [9.17, 15) is 18.0 Å². The van der Waals surface area contributed by atoms with E-state index in [2.05, 4.69) is 20.1 Å². The molecule has 1 amide bonds. The minimum absolute atomic E-state index is 0.00269. The molecule has 0 unspecified atom stereocenters. The lowest BCUT2D eigenvalue weighted by Crippen LogP contribution is -2.30. The van der Waals surface area contributed by atoms with E-state index in [1.165, 1.54) is 6.07 Å². The van der Waals surface area contributed by atoms with Gasteiger partial charge in [-0.1, -0.05) is 35.3 Å². The van der Waals surface area contributed by atoms with Crippen LogP contribution < -0.4 is 15.6 Å². The van der Waals surface area contributed by atoms with Gasteiger partial charge in [0.25, 0.3) is 5.56 Å². The zero-order valence-electron chi connectivity index (χ0n) is 17.0. The van der Waals surface area contributed by atoms with Crippen LogP contribution in [0.1, 0.15) is 24.2 Å². The van der Waals surface area contributed by atoms with Crippen LogP contribution in [0, 0.1) is 6.92 Å². The molecular formula is C20H19Cl2N5O4S. The van der Waals surface area contributed by atoms with Gasteiger partial charge in [0, 0.05) is 11.9 Å². The van der Waals surface area contributed by atoms with E-state index in [4.69, 9.17) is 23.2 Å². The predicted octanol–water partition coefficient (Wildman–Crippen LogP) is 2.93. The Morgan fingerprint density at radius 3 is 2.66 bits per heavy atom. The molecule has 0 saturated heterocycles. The van der Waals surface area contributed by atoms with Crippen molar-refractivity contribution in [1.29, 1.82) is 0 Å². The Morgan fingerprint density at radius 1 is 1.22 bits per heavy atom. The van der Waals surface area contributed by atoms with E-state index in [0.29, 0.717) is 11.3 Å². The van der Waals surface area contributed by atoms with Crippen LogP contribution in [0.25, 0.3) is 0 Å². The fourth-order valence-corrected chi connectivity index (χ4v) is 4.61. The minimum atomic E-state index is -3.91. The summed E-state index contributed by atoms with van der Waals surface area (Å²) in [5.41, 5.74) is 0.581. The van der Waals surface area contributed by atoms with Gasteiger partial charge in [0.05, 0.1) is 27.9 Å². The molecule has 0 saturated carbocycles. The average molecular weight is 496 g/mol. The predicted molar refractivity (Wildman–Crippen MR) is 121 cm³/mol. The third kappa shape index (κ3) is 5.52. The topological polar surface area (TPSA) is 123 Å². The Hall–Kier alpha value is -2.79. The van der Waals surface area contributed by atoms with E-state index in [-0.39, 0.29) is 20.6 Å². The maximum Gasteiger partial charge on any atom is 0.287 e. The normalized spacial score (nSPS) is 12.4. The molecule has 3 rings (SSSR count). The maximum atomic E-state index is 12.9. The van der Waals surface area contributed by atoms with Crippen LogP contribution >= 0.6 is 23.2 Å². The second kappa shape index (κ2) is 9.78. The molecule has 2 heterocycles. The van der Waals surface area contributed by atoms with E-state index < -0.39 is 34.1 Å². The summed E-state index contributed by atoms with van der Waals surface area (Å²) in [5, 5.41) is 6.06. The molecule has 2 aromatic heterocycles. The maximum absolute atomic E-state index is 12.9. The number of hydrogen-bond acceptors (Lipinski definition) is 6. The van der Waals surface area contributed by atoms with Crippen LogP contribution in [0.15, 0.2) is 58.5 Å². The molecule has 9 nitrogen and oxygen atoms in total. The molecule has 2 N–H and O–H groups in total. The lowest BCUT2D eigenvalue weighted by atomic mass is 10.2. The first-order chi connectivity index (χ1) is 15.1. The quantitative estimate of drug-likeness (QED) is 0.519. The highest BCUT2D eigenvalue weighted by Crippen LogP contribution is 2.22. The number of nitrogens with one attached hydrogen (secondary N) is 2. The first-order valence-electron chi connectivity index (χ1n) is 9.33. The van der Waals surface area contributed by atoms with Crippen molar-refractivity contribution in [3.63, 3.8) is 0 Å². The number of anilines is 1. The lowest BCUT2D eigenvalue weighted by Gasteiger charge is -2.16. The van der Waals surface area contributed by atoms with Crippen molar-refractivity contribution in [2.24, 2.45) is 0 Å². The number of aryl methyl sites for hydroxylation is 1.